The zero-order chi connectivity index (χ0) is 19.7. The number of imide groups is 1. The number of rotatable bonds is 3. The first-order chi connectivity index (χ1) is 13.5. The quantitative estimate of drug-likeness (QED) is 0.744. The lowest BCUT2D eigenvalue weighted by atomic mass is 10.1. The van der Waals surface area contributed by atoms with Gasteiger partial charge in [-0.25, -0.2) is 4.79 Å². The summed E-state index contributed by atoms with van der Waals surface area (Å²) in [7, 11) is 1.48. The second-order valence-corrected chi connectivity index (χ2v) is 7.49. The Kier molecular flexibility index (Phi) is 5.04. The first-order valence-electron chi connectivity index (χ1n) is 9.69. The highest BCUT2D eigenvalue weighted by atomic mass is 16.2. The van der Waals surface area contributed by atoms with E-state index in [4.69, 9.17) is 0 Å². The third-order valence-corrected chi connectivity index (χ3v) is 5.79. The summed E-state index contributed by atoms with van der Waals surface area (Å²) in [6, 6.07) is 9.65. The molecule has 4 rings (SSSR count). The van der Waals surface area contributed by atoms with Crippen molar-refractivity contribution in [3.05, 3.63) is 36.0 Å². The summed E-state index contributed by atoms with van der Waals surface area (Å²) in [4.78, 5) is 43.8. The van der Waals surface area contributed by atoms with Crippen LogP contribution in [0.3, 0.4) is 0 Å². The van der Waals surface area contributed by atoms with Gasteiger partial charge in [0, 0.05) is 43.1 Å². The maximum Gasteiger partial charge on any atom is 0.321 e. The van der Waals surface area contributed by atoms with E-state index in [2.05, 4.69) is 20.5 Å². The van der Waals surface area contributed by atoms with Crippen LogP contribution < -0.4 is 10.6 Å². The Morgan fingerprint density at radius 2 is 1.93 bits per heavy atom. The summed E-state index contributed by atoms with van der Waals surface area (Å²) in [5, 5.41) is 5.74. The Hall–Kier alpha value is -2.87. The lowest BCUT2D eigenvalue weighted by Crippen LogP contribution is -2.48. The molecule has 2 atom stereocenters. The molecule has 3 heterocycles. The number of hydrogen-bond acceptors (Lipinski definition) is 4. The van der Waals surface area contributed by atoms with Gasteiger partial charge in [-0.15, -0.1) is 0 Å². The van der Waals surface area contributed by atoms with E-state index in [9.17, 15) is 14.4 Å². The molecule has 2 saturated heterocycles. The van der Waals surface area contributed by atoms with Gasteiger partial charge in [0.05, 0.1) is 6.54 Å². The van der Waals surface area contributed by atoms with Crippen LogP contribution in [0.5, 0.6) is 0 Å². The Morgan fingerprint density at radius 3 is 2.71 bits per heavy atom. The molecular formula is C20H25N5O3. The summed E-state index contributed by atoms with van der Waals surface area (Å²) in [6.45, 7) is 1.44. The van der Waals surface area contributed by atoms with Crippen molar-refractivity contribution in [2.24, 2.45) is 0 Å². The van der Waals surface area contributed by atoms with Crippen molar-refractivity contribution in [2.75, 3.05) is 26.7 Å². The number of urea groups is 1. The van der Waals surface area contributed by atoms with Crippen LogP contribution in [0.15, 0.2) is 30.3 Å². The molecule has 0 spiro atoms. The van der Waals surface area contributed by atoms with E-state index >= 15 is 0 Å². The average molecular weight is 383 g/mol. The second-order valence-electron chi connectivity index (χ2n) is 7.49. The molecule has 0 radical (unpaired) electrons. The number of benzene rings is 1. The lowest BCUT2D eigenvalue weighted by Gasteiger charge is -2.28. The van der Waals surface area contributed by atoms with Crippen LogP contribution in [0, 0.1) is 0 Å². The smallest absolute Gasteiger partial charge is 0.321 e. The fraction of sp³-hybridized carbons (Fsp3) is 0.450. The number of nitrogens with zero attached hydrogens (tertiary/aromatic N) is 2. The molecule has 2 aliphatic rings. The number of para-hydroxylation sites is 1. The highest BCUT2D eigenvalue weighted by Crippen LogP contribution is 2.30. The van der Waals surface area contributed by atoms with E-state index in [-0.39, 0.29) is 30.4 Å². The van der Waals surface area contributed by atoms with Crippen LogP contribution in [-0.4, -0.2) is 71.4 Å². The molecular weight excluding hydrogens is 358 g/mol. The number of likely N-dealkylation sites (tertiary alicyclic amines) is 1. The average Bonchev–Trinajstić information content (AvgIpc) is 3.22. The summed E-state index contributed by atoms with van der Waals surface area (Å²) in [5.74, 6) is -0.315. The number of H-pyrrole nitrogens is 1. The van der Waals surface area contributed by atoms with Gasteiger partial charge >= 0.3 is 6.03 Å². The van der Waals surface area contributed by atoms with Crippen molar-refractivity contribution in [3.8, 4) is 0 Å². The third kappa shape index (κ3) is 3.60. The zero-order valence-electron chi connectivity index (χ0n) is 15.9. The predicted molar refractivity (Wildman–Crippen MR) is 105 cm³/mol. The summed E-state index contributed by atoms with van der Waals surface area (Å²) < 4.78 is 0. The summed E-state index contributed by atoms with van der Waals surface area (Å²) in [5.41, 5.74) is 1.55. The van der Waals surface area contributed by atoms with E-state index < -0.39 is 6.03 Å². The molecule has 2 fully saturated rings. The number of carbonyl (C=O) groups is 3. The largest absolute Gasteiger partial charge is 0.351 e. The van der Waals surface area contributed by atoms with E-state index in [1.165, 1.54) is 7.05 Å². The van der Waals surface area contributed by atoms with E-state index in [1.807, 2.05) is 35.2 Å². The van der Waals surface area contributed by atoms with Gasteiger partial charge in [0.2, 0.25) is 5.91 Å². The first kappa shape index (κ1) is 18.5. The minimum Gasteiger partial charge on any atom is -0.351 e. The van der Waals surface area contributed by atoms with Gasteiger partial charge in [-0.1, -0.05) is 18.2 Å². The van der Waals surface area contributed by atoms with Crippen molar-refractivity contribution in [2.45, 2.75) is 31.3 Å². The maximum atomic E-state index is 13.1. The molecule has 2 bridgehead atoms. The van der Waals surface area contributed by atoms with E-state index in [1.54, 1.807) is 0 Å². The minimum absolute atomic E-state index is 0.00138. The monoisotopic (exact) mass is 383 g/mol. The molecule has 2 aliphatic heterocycles. The highest BCUT2D eigenvalue weighted by molar-refractivity contribution is 5.98. The molecule has 0 saturated carbocycles. The van der Waals surface area contributed by atoms with Crippen LogP contribution >= 0.6 is 0 Å². The zero-order valence-corrected chi connectivity index (χ0v) is 15.9. The molecule has 1 aromatic carbocycles. The van der Waals surface area contributed by atoms with Gasteiger partial charge in [0.1, 0.15) is 5.69 Å². The van der Waals surface area contributed by atoms with Crippen molar-refractivity contribution >= 4 is 28.7 Å². The van der Waals surface area contributed by atoms with E-state index in [0.717, 1.165) is 30.2 Å². The summed E-state index contributed by atoms with van der Waals surface area (Å²) >= 11 is 0. The third-order valence-electron chi connectivity index (χ3n) is 5.79. The van der Waals surface area contributed by atoms with Crippen LogP contribution in [-0.2, 0) is 4.79 Å². The molecule has 3 N–H and O–H groups in total. The van der Waals surface area contributed by atoms with Crippen LogP contribution in [0.4, 0.5) is 4.79 Å². The fourth-order valence-corrected chi connectivity index (χ4v) is 4.37. The van der Waals surface area contributed by atoms with Gasteiger partial charge in [-0.3, -0.25) is 19.8 Å². The number of aromatic amines is 1. The van der Waals surface area contributed by atoms with Crippen LogP contribution in [0.1, 0.15) is 29.8 Å². The number of nitrogens with one attached hydrogen (secondary N) is 3. The van der Waals surface area contributed by atoms with Gasteiger partial charge in [0.15, 0.2) is 0 Å². The molecule has 4 amide bonds. The van der Waals surface area contributed by atoms with Gasteiger partial charge in [-0.2, -0.15) is 0 Å². The molecule has 28 heavy (non-hydrogen) atoms. The molecule has 148 valence electrons. The SMILES string of the molecule is CNC(=O)NC(=O)CN1C2CCC1CN(C(=O)c1cc3ccccc3[nH]1)CC2. The number of carbonyl (C=O) groups excluding carboxylic acids is 3. The van der Waals surface area contributed by atoms with Crippen molar-refractivity contribution in [1.82, 2.24) is 25.4 Å². The van der Waals surface area contributed by atoms with Crippen molar-refractivity contribution < 1.29 is 14.4 Å². The normalized spacial score (nSPS) is 22.1. The molecule has 0 aliphatic carbocycles. The topological polar surface area (TPSA) is 97.5 Å². The second kappa shape index (κ2) is 7.63. The Balaban J connectivity index is 1.45. The van der Waals surface area contributed by atoms with Crippen molar-refractivity contribution in [3.63, 3.8) is 0 Å². The summed E-state index contributed by atoms with van der Waals surface area (Å²) in [6.07, 6.45) is 2.80. The lowest BCUT2D eigenvalue weighted by molar-refractivity contribution is -0.121. The number of fused-ring (bicyclic) bond motifs is 3. The Labute approximate surface area is 163 Å². The van der Waals surface area contributed by atoms with E-state index in [0.29, 0.717) is 18.8 Å². The van der Waals surface area contributed by atoms with Crippen LogP contribution in [0.25, 0.3) is 10.9 Å². The molecule has 8 nitrogen and oxygen atoms in total. The standard InChI is InChI=1S/C20H25N5O3/c1-21-20(28)23-18(26)12-25-14-6-7-15(25)11-24(9-8-14)19(27)17-10-13-4-2-3-5-16(13)22-17/h2-5,10,14-15,22H,6-9,11-12H2,1H3,(H2,21,23,26,28). The Bertz CT molecular complexity index is 875. The number of aromatic nitrogens is 1. The number of amides is 4. The van der Waals surface area contributed by atoms with Gasteiger partial charge < -0.3 is 15.2 Å². The molecule has 1 aromatic heterocycles. The van der Waals surface area contributed by atoms with Crippen LogP contribution in [0.2, 0.25) is 0 Å². The highest BCUT2D eigenvalue weighted by Gasteiger charge is 2.39. The first-order valence-corrected chi connectivity index (χ1v) is 9.69. The maximum absolute atomic E-state index is 13.1. The molecule has 8 heteroatoms. The van der Waals surface area contributed by atoms with Crippen molar-refractivity contribution in [1.29, 1.82) is 0 Å². The Morgan fingerprint density at radius 1 is 1.14 bits per heavy atom. The predicted octanol–water partition coefficient (Wildman–Crippen LogP) is 1.30. The van der Waals surface area contributed by atoms with Gasteiger partial charge in [0.25, 0.3) is 5.91 Å². The molecule has 2 unspecified atom stereocenters. The van der Waals surface area contributed by atoms with Gasteiger partial charge in [-0.05, 0) is 31.4 Å². The minimum atomic E-state index is -0.497. The number of hydrogen-bond donors (Lipinski definition) is 3. The molecule has 2 aromatic rings. The fourth-order valence-electron chi connectivity index (χ4n) is 4.37.